The van der Waals surface area contributed by atoms with E-state index in [-0.39, 0.29) is 10.8 Å². The molecular weight excluding hydrogens is 384 g/mol. The second-order valence-corrected chi connectivity index (χ2v) is 9.00. The molecule has 1 amide bonds. The molecule has 3 rings (SSSR count). The molecule has 27 heavy (non-hydrogen) atoms. The van der Waals surface area contributed by atoms with E-state index in [9.17, 15) is 13.2 Å². The molecular formula is C20H23ClN2O3S. The fraction of sp³-hybridized carbons (Fsp3) is 0.350. The van der Waals surface area contributed by atoms with Crippen LogP contribution in [0.2, 0.25) is 5.02 Å². The highest BCUT2D eigenvalue weighted by atomic mass is 35.5. The molecule has 0 atom stereocenters. The Morgan fingerprint density at radius 3 is 2.26 bits per heavy atom. The molecule has 144 valence electrons. The predicted octanol–water partition coefficient (Wildman–Crippen LogP) is 3.49. The number of hydrogen-bond acceptors (Lipinski definition) is 3. The highest BCUT2D eigenvalue weighted by molar-refractivity contribution is 7.89. The first-order valence-electron chi connectivity index (χ1n) is 9.10. The Hall–Kier alpha value is -1.89. The summed E-state index contributed by atoms with van der Waals surface area (Å²) in [6.07, 6.45) is 3.46. The standard InChI is InChI=1S/C20H23ClN2O3S/c21-18-9-5-16(6-10-18)4-3-13-22-20(24)17-7-11-19(12-8-17)27(25,26)23-14-1-2-15-23/h5-12H,1-4,13-15H2,(H,22,24). The molecule has 1 heterocycles. The first-order chi connectivity index (χ1) is 13.0. The minimum absolute atomic E-state index is 0.198. The average Bonchev–Trinajstić information content (AvgIpc) is 3.22. The minimum atomic E-state index is -3.44. The summed E-state index contributed by atoms with van der Waals surface area (Å²) in [7, 11) is -3.44. The van der Waals surface area contributed by atoms with Gasteiger partial charge in [0.25, 0.3) is 5.91 Å². The van der Waals surface area contributed by atoms with Crippen LogP contribution in [0.3, 0.4) is 0 Å². The lowest BCUT2D eigenvalue weighted by molar-refractivity contribution is 0.0953. The maximum Gasteiger partial charge on any atom is 0.251 e. The van der Waals surface area contributed by atoms with Gasteiger partial charge in [-0.3, -0.25) is 4.79 Å². The van der Waals surface area contributed by atoms with Gasteiger partial charge < -0.3 is 5.32 Å². The predicted molar refractivity (Wildman–Crippen MR) is 107 cm³/mol. The van der Waals surface area contributed by atoms with E-state index in [0.29, 0.717) is 30.2 Å². The van der Waals surface area contributed by atoms with Gasteiger partial charge in [-0.1, -0.05) is 23.7 Å². The topological polar surface area (TPSA) is 66.5 Å². The van der Waals surface area contributed by atoms with Gasteiger partial charge in [-0.2, -0.15) is 4.31 Å². The normalized spacial score (nSPS) is 15.0. The van der Waals surface area contributed by atoms with Gasteiger partial charge in [-0.25, -0.2) is 8.42 Å². The summed E-state index contributed by atoms with van der Waals surface area (Å²) in [6, 6.07) is 13.8. The van der Waals surface area contributed by atoms with Crippen molar-refractivity contribution in [3.63, 3.8) is 0 Å². The van der Waals surface area contributed by atoms with E-state index in [1.165, 1.54) is 22.0 Å². The van der Waals surface area contributed by atoms with Crippen LogP contribution < -0.4 is 5.32 Å². The third-order valence-electron chi connectivity index (χ3n) is 4.66. The summed E-state index contributed by atoms with van der Waals surface area (Å²) in [4.78, 5) is 12.5. The molecule has 1 aliphatic rings. The van der Waals surface area contributed by atoms with Crippen molar-refractivity contribution in [2.75, 3.05) is 19.6 Å². The number of hydrogen-bond donors (Lipinski definition) is 1. The van der Waals surface area contributed by atoms with Gasteiger partial charge in [-0.05, 0) is 67.6 Å². The highest BCUT2D eigenvalue weighted by Crippen LogP contribution is 2.21. The van der Waals surface area contributed by atoms with Crippen LogP contribution in [-0.2, 0) is 16.4 Å². The molecule has 0 unspecified atom stereocenters. The summed E-state index contributed by atoms with van der Waals surface area (Å²) < 4.78 is 26.5. The van der Waals surface area contributed by atoms with Crippen LogP contribution in [-0.4, -0.2) is 38.3 Å². The molecule has 0 aromatic heterocycles. The largest absolute Gasteiger partial charge is 0.352 e. The van der Waals surface area contributed by atoms with Gasteiger partial charge in [0.15, 0.2) is 0 Å². The van der Waals surface area contributed by atoms with E-state index in [1.54, 1.807) is 12.1 Å². The van der Waals surface area contributed by atoms with E-state index < -0.39 is 10.0 Å². The molecule has 1 N–H and O–H groups in total. The number of aryl methyl sites for hydroxylation is 1. The number of rotatable bonds is 7. The summed E-state index contributed by atoms with van der Waals surface area (Å²) in [5.74, 6) is -0.198. The number of carbonyl (C=O) groups is 1. The van der Waals surface area contributed by atoms with Crippen LogP contribution >= 0.6 is 11.6 Å². The number of nitrogens with one attached hydrogen (secondary N) is 1. The summed E-state index contributed by atoms with van der Waals surface area (Å²) in [5, 5.41) is 3.58. The van der Waals surface area contributed by atoms with Crippen molar-refractivity contribution in [2.24, 2.45) is 0 Å². The number of halogens is 1. The van der Waals surface area contributed by atoms with E-state index >= 15 is 0 Å². The number of benzene rings is 2. The maximum absolute atomic E-state index is 12.5. The highest BCUT2D eigenvalue weighted by Gasteiger charge is 2.27. The number of amides is 1. The Morgan fingerprint density at radius 2 is 1.63 bits per heavy atom. The summed E-state index contributed by atoms with van der Waals surface area (Å²) >= 11 is 5.86. The molecule has 2 aromatic rings. The van der Waals surface area contributed by atoms with E-state index in [2.05, 4.69) is 5.32 Å². The van der Waals surface area contributed by atoms with E-state index in [4.69, 9.17) is 11.6 Å². The van der Waals surface area contributed by atoms with Crippen molar-refractivity contribution >= 4 is 27.5 Å². The Bertz CT molecular complexity index is 874. The van der Waals surface area contributed by atoms with Crippen LogP contribution in [0, 0.1) is 0 Å². The average molecular weight is 407 g/mol. The maximum atomic E-state index is 12.5. The van der Waals surface area contributed by atoms with E-state index in [1.807, 2.05) is 24.3 Å². The zero-order chi connectivity index (χ0) is 19.3. The van der Waals surface area contributed by atoms with Crippen LogP contribution in [0.15, 0.2) is 53.4 Å². The lowest BCUT2D eigenvalue weighted by Crippen LogP contribution is -2.28. The second kappa shape index (κ2) is 8.87. The van der Waals surface area contributed by atoms with Crippen molar-refractivity contribution in [2.45, 2.75) is 30.6 Å². The molecule has 0 radical (unpaired) electrons. The van der Waals surface area contributed by atoms with Crippen LogP contribution in [0.25, 0.3) is 0 Å². The van der Waals surface area contributed by atoms with Crippen molar-refractivity contribution in [3.05, 3.63) is 64.7 Å². The van der Waals surface area contributed by atoms with Gasteiger partial charge in [0.05, 0.1) is 4.90 Å². The van der Waals surface area contributed by atoms with Crippen LogP contribution in [0.5, 0.6) is 0 Å². The zero-order valence-electron chi connectivity index (χ0n) is 15.0. The lowest BCUT2D eigenvalue weighted by atomic mass is 10.1. The van der Waals surface area contributed by atoms with Gasteiger partial charge in [0.1, 0.15) is 0 Å². The van der Waals surface area contributed by atoms with Gasteiger partial charge in [-0.15, -0.1) is 0 Å². The molecule has 2 aromatic carbocycles. The zero-order valence-corrected chi connectivity index (χ0v) is 16.6. The van der Waals surface area contributed by atoms with Crippen molar-refractivity contribution in [3.8, 4) is 0 Å². The van der Waals surface area contributed by atoms with Gasteiger partial charge >= 0.3 is 0 Å². The smallest absolute Gasteiger partial charge is 0.251 e. The molecule has 1 fully saturated rings. The summed E-state index contributed by atoms with van der Waals surface area (Å²) in [6.45, 7) is 1.69. The Balaban J connectivity index is 1.50. The van der Waals surface area contributed by atoms with Crippen LogP contribution in [0.4, 0.5) is 0 Å². The van der Waals surface area contributed by atoms with Crippen molar-refractivity contribution in [1.82, 2.24) is 9.62 Å². The number of carbonyl (C=O) groups excluding carboxylic acids is 1. The number of nitrogens with zero attached hydrogens (tertiary/aromatic N) is 1. The van der Waals surface area contributed by atoms with Gasteiger partial charge in [0, 0.05) is 30.2 Å². The molecule has 7 heteroatoms. The fourth-order valence-electron chi connectivity index (χ4n) is 3.10. The molecule has 0 spiro atoms. The Kier molecular flexibility index (Phi) is 6.52. The molecule has 0 bridgehead atoms. The van der Waals surface area contributed by atoms with Gasteiger partial charge in [0.2, 0.25) is 10.0 Å². The SMILES string of the molecule is O=C(NCCCc1ccc(Cl)cc1)c1ccc(S(=O)(=O)N2CCCC2)cc1. The monoisotopic (exact) mass is 406 g/mol. The minimum Gasteiger partial charge on any atom is -0.352 e. The third kappa shape index (κ3) is 5.09. The second-order valence-electron chi connectivity index (χ2n) is 6.62. The number of sulfonamides is 1. The first kappa shape index (κ1) is 19.9. The van der Waals surface area contributed by atoms with E-state index in [0.717, 1.165) is 25.7 Å². The molecule has 1 saturated heterocycles. The fourth-order valence-corrected chi connectivity index (χ4v) is 4.75. The Labute approximate surface area is 165 Å². The first-order valence-corrected chi connectivity index (χ1v) is 10.9. The Morgan fingerprint density at radius 1 is 1.00 bits per heavy atom. The quantitative estimate of drug-likeness (QED) is 0.716. The van der Waals surface area contributed by atoms with Crippen molar-refractivity contribution in [1.29, 1.82) is 0 Å². The van der Waals surface area contributed by atoms with Crippen molar-refractivity contribution < 1.29 is 13.2 Å². The van der Waals surface area contributed by atoms with Crippen LogP contribution in [0.1, 0.15) is 35.2 Å². The molecule has 0 saturated carbocycles. The lowest BCUT2D eigenvalue weighted by Gasteiger charge is -2.15. The molecule has 0 aliphatic carbocycles. The summed E-state index contributed by atoms with van der Waals surface area (Å²) in [5.41, 5.74) is 1.63. The molecule has 1 aliphatic heterocycles. The molecule has 5 nitrogen and oxygen atoms in total. The third-order valence-corrected chi connectivity index (χ3v) is 6.83.